The van der Waals surface area contributed by atoms with Crippen LogP contribution in [0.5, 0.6) is 0 Å². The summed E-state index contributed by atoms with van der Waals surface area (Å²) in [5.74, 6) is 0. The number of benzene rings is 2. The van der Waals surface area contributed by atoms with Crippen LogP contribution in [0.2, 0.25) is 0 Å². The second-order valence-corrected chi connectivity index (χ2v) is 4.43. The first-order valence-electron chi connectivity index (χ1n) is 6.63. The Morgan fingerprint density at radius 1 is 0.800 bits per heavy atom. The second kappa shape index (κ2) is 8.25. The molecule has 3 nitrogen and oxygen atoms in total. The fourth-order valence-electron chi connectivity index (χ4n) is 1.79. The van der Waals surface area contributed by atoms with Crippen LogP contribution >= 0.6 is 0 Å². The third-order valence-electron chi connectivity index (χ3n) is 2.85. The van der Waals surface area contributed by atoms with Crippen LogP contribution in [0.3, 0.4) is 0 Å². The molecule has 0 aliphatic carbocycles. The number of carbonyl (C=O) groups is 1. The standard InChI is InChI=1S/C17H18O3/c18-12-11-17(19-13-15-7-3-1-4-8-15)20-14-16-9-5-2-6-10-16/h1-10,12,17H,11,13-14H2. The fraction of sp³-hybridized carbons (Fsp3) is 0.235. The molecule has 2 aromatic rings. The molecule has 3 heteroatoms. The molecule has 0 heterocycles. The Labute approximate surface area is 119 Å². The van der Waals surface area contributed by atoms with Gasteiger partial charge >= 0.3 is 0 Å². The number of carbonyl (C=O) groups excluding carboxylic acids is 1. The molecule has 2 aromatic carbocycles. The first kappa shape index (κ1) is 14.4. The normalized spacial score (nSPS) is 10.7. The molecular formula is C17H18O3. The Morgan fingerprint density at radius 2 is 1.25 bits per heavy atom. The lowest BCUT2D eigenvalue weighted by Crippen LogP contribution is -2.17. The molecule has 0 unspecified atom stereocenters. The van der Waals surface area contributed by atoms with Gasteiger partial charge in [0.1, 0.15) is 6.29 Å². The highest BCUT2D eigenvalue weighted by Gasteiger charge is 2.09. The van der Waals surface area contributed by atoms with E-state index in [1.807, 2.05) is 60.7 Å². The third kappa shape index (κ3) is 4.96. The van der Waals surface area contributed by atoms with Crippen molar-refractivity contribution < 1.29 is 14.3 Å². The zero-order valence-electron chi connectivity index (χ0n) is 11.3. The van der Waals surface area contributed by atoms with E-state index in [1.165, 1.54) is 0 Å². The summed E-state index contributed by atoms with van der Waals surface area (Å²) in [7, 11) is 0. The highest BCUT2D eigenvalue weighted by Crippen LogP contribution is 2.09. The molecule has 0 aromatic heterocycles. The van der Waals surface area contributed by atoms with Crippen LogP contribution in [-0.4, -0.2) is 12.6 Å². The lowest BCUT2D eigenvalue weighted by Gasteiger charge is -2.16. The predicted octanol–water partition coefficient (Wildman–Crippen LogP) is 3.34. The van der Waals surface area contributed by atoms with Crippen LogP contribution in [0.15, 0.2) is 60.7 Å². The van der Waals surface area contributed by atoms with Crippen molar-refractivity contribution >= 4 is 6.29 Å². The number of aldehydes is 1. The summed E-state index contributed by atoms with van der Waals surface area (Å²) in [6, 6.07) is 19.7. The molecule has 2 rings (SSSR count). The molecule has 20 heavy (non-hydrogen) atoms. The van der Waals surface area contributed by atoms with Crippen LogP contribution in [0.1, 0.15) is 17.5 Å². The molecular weight excluding hydrogens is 252 g/mol. The van der Waals surface area contributed by atoms with Gasteiger partial charge in [0.15, 0.2) is 6.29 Å². The largest absolute Gasteiger partial charge is 0.348 e. The number of hydrogen-bond acceptors (Lipinski definition) is 3. The van der Waals surface area contributed by atoms with Crippen molar-refractivity contribution in [2.75, 3.05) is 0 Å². The van der Waals surface area contributed by atoms with Gasteiger partial charge in [-0.25, -0.2) is 0 Å². The van der Waals surface area contributed by atoms with Crippen LogP contribution < -0.4 is 0 Å². The third-order valence-corrected chi connectivity index (χ3v) is 2.85. The Bertz CT molecular complexity index is 453. The molecule has 0 bridgehead atoms. The van der Waals surface area contributed by atoms with Gasteiger partial charge in [-0.2, -0.15) is 0 Å². The first-order valence-corrected chi connectivity index (χ1v) is 6.63. The number of rotatable bonds is 8. The molecule has 0 amide bonds. The minimum Gasteiger partial charge on any atom is -0.348 e. The maximum atomic E-state index is 10.7. The number of hydrogen-bond donors (Lipinski definition) is 0. The van der Waals surface area contributed by atoms with Crippen LogP contribution in [-0.2, 0) is 27.5 Å². The van der Waals surface area contributed by atoms with Crippen molar-refractivity contribution in [2.24, 2.45) is 0 Å². The SMILES string of the molecule is O=CCC(OCc1ccccc1)OCc1ccccc1. The molecule has 0 saturated carbocycles. The van der Waals surface area contributed by atoms with Crippen LogP contribution in [0.4, 0.5) is 0 Å². The van der Waals surface area contributed by atoms with Crippen molar-refractivity contribution in [1.82, 2.24) is 0 Å². The van der Waals surface area contributed by atoms with Gasteiger partial charge in [0.2, 0.25) is 0 Å². The Morgan fingerprint density at radius 3 is 1.65 bits per heavy atom. The van der Waals surface area contributed by atoms with Crippen molar-refractivity contribution in [3.05, 3.63) is 71.8 Å². The van der Waals surface area contributed by atoms with Crippen molar-refractivity contribution in [1.29, 1.82) is 0 Å². The average molecular weight is 270 g/mol. The van der Waals surface area contributed by atoms with Crippen molar-refractivity contribution in [2.45, 2.75) is 25.9 Å². The zero-order chi connectivity index (χ0) is 14.0. The Balaban J connectivity index is 1.82. The summed E-state index contributed by atoms with van der Waals surface area (Å²) in [5, 5.41) is 0. The topological polar surface area (TPSA) is 35.5 Å². The van der Waals surface area contributed by atoms with E-state index in [0.29, 0.717) is 13.2 Å². The van der Waals surface area contributed by atoms with E-state index in [2.05, 4.69) is 0 Å². The van der Waals surface area contributed by atoms with Crippen LogP contribution in [0.25, 0.3) is 0 Å². The average Bonchev–Trinajstić information content (AvgIpc) is 2.52. The van der Waals surface area contributed by atoms with Gasteiger partial charge in [0.05, 0.1) is 19.6 Å². The molecule has 0 fully saturated rings. The van der Waals surface area contributed by atoms with E-state index in [4.69, 9.17) is 9.47 Å². The second-order valence-electron chi connectivity index (χ2n) is 4.43. The maximum absolute atomic E-state index is 10.7. The molecule has 0 spiro atoms. The Hall–Kier alpha value is -1.97. The molecule has 0 aliphatic rings. The molecule has 0 atom stereocenters. The van der Waals surface area contributed by atoms with Crippen LogP contribution in [0, 0.1) is 0 Å². The number of ether oxygens (including phenoxy) is 2. The molecule has 0 aliphatic heterocycles. The van der Waals surface area contributed by atoms with Gasteiger partial charge in [-0.05, 0) is 11.1 Å². The van der Waals surface area contributed by atoms with Crippen molar-refractivity contribution in [3.8, 4) is 0 Å². The molecule has 0 N–H and O–H groups in total. The first-order chi connectivity index (χ1) is 9.88. The minimum absolute atomic E-state index is 0.236. The summed E-state index contributed by atoms with van der Waals surface area (Å²) >= 11 is 0. The zero-order valence-corrected chi connectivity index (χ0v) is 11.3. The summed E-state index contributed by atoms with van der Waals surface area (Å²) < 4.78 is 11.3. The summed E-state index contributed by atoms with van der Waals surface area (Å²) in [5.41, 5.74) is 2.12. The summed E-state index contributed by atoms with van der Waals surface area (Å²) in [6.07, 6.45) is 0.549. The Kier molecular flexibility index (Phi) is 5.96. The molecule has 0 radical (unpaired) electrons. The van der Waals surface area contributed by atoms with E-state index < -0.39 is 6.29 Å². The van der Waals surface area contributed by atoms with E-state index in [1.54, 1.807) is 0 Å². The predicted molar refractivity (Wildman–Crippen MR) is 76.9 cm³/mol. The van der Waals surface area contributed by atoms with Gasteiger partial charge in [0, 0.05) is 0 Å². The fourth-order valence-corrected chi connectivity index (χ4v) is 1.79. The quantitative estimate of drug-likeness (QED) is 0.545. The molecule has 104 valence electrons. The highest BCUT2D eigenvalue weighted by molar-refractivity contribution is 5.49. The monoisotopic (exact) mass is 270 g/mol. The summed E-state index contributed by atoms with van der Waals surface area (Å²) in [4.78, 5) is 10.7. The van der Waals surface area contributed by atoms with E-state index in [-0.39, 0.29) is 6.42 Å². The lowest BCUT2D eigenvalue weighted by molar-refractivity contribution is -0.161. The van der Waals surface area contributed by atoms with Crippen molar-refractivity contribution in [3.63, 3.8) is 0 Å². The molecule has 0 saturated heterocycles. The minimum atomic E-state index is -0.507. The van der Waals surface area contributed by atoms with E-state index in [9.17, 15) is 4.79 Å². The van der Waals surface area contributed by atoms with Gasteiger partial charge in [-0.15, -0.1) is 0 Å². The van der Waals surface area contributed by atoms with Gasteiger partial charge < -0.3 is 14.3 Å². The smallest absolute Gasteiger partial charge is 0.165 e. The maximum Gasteiger partial charge on any atom is 0.165 e. The highest BCUT2D eigenvalue weighted by atomic mass is 16.7. The summed E-state index contributed by atoms with van der Waals surface area (Å²) in [6.45, 7) is 0.877. The van der Waals surface area contributed by atoms with Gasteiger partial charge in [-0.3, -0.25) is 0 Å². The van der Waals surface area contributed by atoms with E-state index >= 15 is 0 Å². The van der Waals surface area contributed by atoms with Gasteiger partial charge in [-0.1, -0.05) is 60.7 Å². The lowest BCUT2D eigenvalue weighted by atomic mass is 10.2. The van der Waals surface area contributed by atoms with E-state index in [0.717, 1.165) is 17.4 Å². The van der Waals surface area contributed by atoms with Gasteiger partial charge in [0.25, 0.3) is 0 Å².